The van der Waals surface area contributed by atoms with Crippen LogP contribution in [0.15, 0.2) is 12.4 Å². The number of nitrogens with two attached hydrogens (primary N) is 1. The third kappa shape index (κ3) is 2.67. The molecule has 3 N–H and O–H groups in total. The molecular weight excluding hydrogens is 176 g/mol. The van der Waals surface area contributed by atoms with E-state index in [9.17, 15) is 0 Å². The van der Waals surface area contributed by atoms with Gasteiger partial charge in [-0.1, -0.05) is 6.92 Å². The molecule has 4 nitrogen and oxygen atoms in total. The fourth-order valence-corrected chi connectivity index (χ4v) is 1.12. The smallest absolute Gasteiger partial charge is 0.130 e. The molecule has 0 saturated heterocycles. The van der Waals surface area contributed by atoms with Gasteiger partial charge in [-0.25, -0.2) is 9.97 Å². The van der Waals surface area contributed by atoms with Crippen LogP contribution in [0.1, 0.15) is 26.0 Å². The van der Waals surface area contributed by atoms with Crippen molar-refractivity contribution in [3.05, 3.63) is 18.1 Å². The Balaban J connectivity index is 2.77. The Hall–Kier alpha value is -1.16. The number of hydrogen-bond donors (Lipinski definition) is 2. The lowest BCUT2D eigenvalue weighted by atomic mass is 9.99. The van der Waals surface area contributed by atoms with Gasteiger partial charge in [0.1, 0.15) is 12.1 Å². The van der Waals surface area contributed by atoms with Crippen molar-refractivity contribution in [2.75, 3.05) is 11.9 Å². The largest absolute Gasteiger partial charge is 0.364 e. The van der Waals surface area contributed by atoms with E-state index in [2.05, 4.69) is 29.1 Å². The SMILES string of the molecule is CCC(C)(CN)Nc1cc(C)ncn1. The molecule has 0 aliphatic heterocycles. The summed E-state index contributed by atoms with van der Waals surface area (Å²) < 4.78 is 0. The molecule has 78 valence electrons. The fraction of sp³-hybridized carbons (Fsp3) is 0.600. The second-order valence-electron chi connectivity index (χ2n) is 3.79. The third-order valence-electron chi connectivity index (χ3n) is 2.46. The second-order valence-corrected chi connectivity index (χ2v) is 3.79. The maximum Gasteiger partial charge on any atom is 0.130 e. The molecule has 1 atom stereocenters. The third-order valence-corrected chi connectivity index (χ3v) is 2.46. The molecule has 0 aliphatic rings. The minimum absolute atomic E-state index is 0.0825. The molecule has 0 spiro atoms. The Morgan fingerprint density at radius 3 is 2.71 bits per heavy atom. The molecule has 1 rings (SSSR count). The quantitative estimate of drug-likeness (QED) is 0.759. The van der Waals surface area contributed by atoms with Crippen molar-refractivity contribution in [3.63, 3.8) is 0 Å². The van der Waals surface area contributed by atoms with Crippen LogP contribution in [-0.2, 0) is 0 Å². The van der Waals surface area contributed by atoms with E-state index in [0.29, 0.717) is 6.54 Å². The first kappa shape index (κ1) is 10.9. The summed E-state index contributed by atoms with van der Waals surface area (Å²) in [6.07, 6.45) is 2.52. The lowest BCUT2D eigenvalue weighted by Gasteiger charge is -2.28. The molecule has 0 radical (unpaired) electrons. The Morgan fingerprint density at radius 2 is 2.21 bits per heavy atom. The van der Waals surface area contributed by atoms with Crippen LogP contribution in [0.4, 0.5) is 5.82 Å². The van der Waals surface area contributed by atoms with Crippen LogP contribution in [0, 0.1) is 6.92 Å². The van der Waals surface area contributed by atoms with E-state index in [1.165, 1.54) is 0 Å². The number of rotatable bonds is 4. The average molecular weight is 194 g/mol. The summed E-state index contributed by atoms with van der Waals surface area (Å²) in [7, 11) is 0. The van der Waals surface area contributed by atoms with E-state index in [-0.39, 0.29) is 5.54 Å². The average Bonchev–Trinajstić information content (AvgIpc) is 2.18. The van der Waals surface area contributed by atoms with Crippen LogP contribution in [0.25, 0.3) is 0 Å². The minimum atomic E-state index is -0.0825. The zero-order chi connectivity index (χ0) is 10.6. The molecule has 1 unspecified atom stereocenters. The van der Waals surface area contributed by atoms with Crippen LogP contribution in [0.3, 0.4) is 0 Å². The summed E-state index contributed by atoms with van der Waals surface area (Å²) in [5.74, 6) is 0.840. The van der Waals surface area contributed by atoms with E-state index in [1.807, 2.05) is 13.0 Å². The van der Waals surface area contributed by atoms with Gasteiger partial charge < -0.3 is 11.1 Å². The first-order valence-electron chi connectivity index (χ1n) is 4.86. The van der Waals surface area contributed by atoms with Gasteiger partial charge in [0.25, 0.3) is 0 Å². The number of nitrogens with zero attached hydrogens (tertiary/aromatic N) is 2. The summed E-state index contributed by atoms with van der Waals surface area (Å²) in [5, 5.41) is 3.32. The minimum Gasteiger partial charge on any atom is -0.364 e. The van der Waals surface area contributed by atoms with Gasteiger partial charge in [0.15, 0.2) is 0 Å². The Bertz CT molecular complexity index is 294. The van der Waals surface area contributed by atoms with Gasteiger partial charge in [-0.05, 0) is 20.3 Å². The van der Waals surface area contributed by atoms with Gasteiger partial charge >= 0.3 is 0 Å². The van der Waals surface area contributed by atoms with Crippen molar-refractivity contribution in [2.45, 2.75) is 32.7 Å². The predicted octanol–water partition coefficient (Wildman–Crippen LogP) is 1.32. The van der Waals surface area contributed by atoms with Gasteiger partial charge in [-0.15, -0.1) is 0 Å². The highest BCUT2D eigenvalue weighted by Gasteiger charge is 2.19. The van der Waals surface area contributed by atoms with Crippen LogP contribution in [0.5, 0.6) is 0 Å². The van der Waals surface area contributed by atoms with E-state index in [0.717, 1.165) is 17.9 Å². The number of aryl methyl sites for hydroxylation is 1. The number of aromatic nitrogens is 2. The summed E-state index contributed by atoms with van der Waals surface area (Å²) in [5.41, 5.74) is 6.57. The highest BCUT2D eigenvalue weighted by molar-refractivity contribution is 5.37. The molecule has 4 heteroatoms. The molecule has 0 saturated carbocycles. The summed E-state index contributed by atoms with van der Waals surface area (Å²) in [6, 6.07) is 1.92. The fourth-order valence-electron chi connectivity index (χ4n) is 1.12. The molecule has 0 amide bonds. The number of hydrogen-bond acceptors (Lipinski definition) is 4. The lowest BCUT2D eigenvalue weighted by molar-refractivity contribution is 0.504. The topological polar surface area (TPSA) is 63.8 Å². The molecule has 1 aromatic heterocycles. The highest BCUT2D eigenvalue weighted by atomic mass is 15.1. The van der Waals surface area contributed by atoms with Crippen LogP contribution >= 0.6 is 0 Å². The van der Waals surface area contributed by atoms with Crippen LogP contribution in [0.2, 0.25) is 0 Å². The Kier molecular flexibility index (Phi) is 3.41. The Labute approximate surface area is 85.0 Å². The first-order valence-corrected chi connectivity index (χ1v) is 4.86. The first-order chi connectivity index (χ1) is 6.59. The standard InChI is InChI=1S/C10H18N4/c1-4-10(3,6-11)14-9-5-8(2)12-7-13-9/h5,7H,4,6,11H2,1-3H3,(H,12,13,14). The molecular formula is C10H18N4. The van der Waals surface area contributed by atoms with Crippen molar-refractivity contribution in [1.82, 2.24) is 9.97 Å². The van der Waals surface area contributed by atoms with Gasteiger partial charge in [-0.3, -0.25) is 0 Å². The summed E-state index contributed by atoms with van der Waals surface area (Å²) >= 11 is 0. The van der Waals surface area contributed by atoms with E-state index < -0.39 is 0 Å². The van der Waals surface area contributed by atoms with Crippen LogP contribution in [-0.4, -0.2) is 22.1 Å². The highest BCUT2D eigenvalue weighted by Crippen LogP contribution is 2.15. The molecule has 1 heterocycles. The molecule has 1 aromatic rings. The molecule has 14 heavy (non-hydrogen) atoms. The van der Waals surface area contributed by atoms with E-state index in [4.69, 9.17) is 5.73 Å². The maximum absolute atomic E-state index is 5.70. The monoisotopic (exact) mass is 194 g/mol. The zero-order valence-corrected chi connectivity index (χ0v) is 9.04. The van der Waals surface area contributed by atoms with Gasteiger partial charge in [0.2, 0.25) is 0 Å². The predicted molar refractivity (Wildman–Crippen MR) is 58.1 cm³/mol. The van der Waals surface area contributed by atoms with E-state index >= 15 is 0 Å². The normalized spacial score (nSPS) is 14.9. The van der Waals surface area contributed by atoms with Gasteiger partial charge in [0, 0.05) is 23.8 Å². The molecule has 0 bridgehead atoms. The molecule has 0 aromatic carbocycles. The van der Waals surface area contributed by atoms with E-state index in [1.54, 1.807) is 6.33 Å². The van der Waals surface area contributed by atoms with Crippen molar-refractivity contribution < 1.29 is 0 Å². The number of anilines is 1. The van der Waals surface area contributed by atoms with Crippen molar-refractivity contribution >= 4 is 5.82 Å². The lowest BCUT2D eigenvalue weighted by Crippen LogP contribution is -2.42. The van der Waals surface area contributed by atoms with Gasteiger partial charge in [0.05, 0.1) is 0 Å². The van der Waals surface area contributed by atoms with Crippen molar-refractivity contribution in [3.8, 4) is 0 Å². The summed E-state index contributed by atoms with van der Waals surface area (Å²) in [4.78, 5) is 8.18. The van der Waals surface area contributed by atoms with Crippen LogP contribution < -0.4 is 11.1 Å². The zero-order valence-electron chi connectivity index (χ0n) is 9.04. The molecule has 0 aliphatic carbocycles. The van der Waals surface area contributed by atoms with Crippen molar-refractivity contribution in [1.29, 1.82) is 0 Å². The summed E-state index contributed by atoms with van der Waals surface area (Å²) in [6.45, 7) is 6.73. The van der Waals surface area contributed by atoms with Gasteiger partial charge in [-0.2, -0.15) is 0 Å². The molecule has 0 fully saturated rings. The van der Waals surface area contributed by atoms with Crippen molar-refractivity contribution in [2.24, 2.45) is 5.73 Å². The second kappa shape index (κ2) is 4.37. The maximum atomic E-state index is 5.70. The Morgan fingerprint density at radius 1 is 1.50 bits per heavy atom. The number of nitrogens with one attached hydrogen (secondary N) is 1.